The lowest BCUT2D eigenvalue weighted by molar-refractivity contribution is -0.121. The molecule has 1 unspecified atom stereocenters. The van der Waals surface area contributed by atoms with Crippen LogP contribution in [0.2, 0.25) is 0 Å². The van der Waals surface area contributed by atoms with Crippen LogP contribution in [0.3, 0.4) is 0 Å². The lowest BCUT2D eigenvalue weighted by Gasteiger charge is -2.25. The molecule has 0 radical (unpaired) electrons. The van der Waals surface area contributed by atoms with E-state index in [9.17, 15) is 4.79 Å². The van der Waals surface area contributed by atoms with Crippen LogP contribution in [0, 0.1) is 6.92 Å². The molecular weight excluding hydrogens is 288 g/mol. The second-order valence-electron chi connectivity index (χ2n) is 5.89. The van der Waals surface area contributed by atoms with Crippen LogP contribution < -0.4 is 5.32 Å². The van der Waals surface area contributed by atoms with E-state index in [2.05, 4.69) is 51.4 Å². The average molecular weight is 312 g/mol. The van der Waals surface area contributed by atoms with E-state index in [-0.39, 0.29) is 11.9 Å². The number of hydrogen-bond donors (Lipinski definition) is 1. The van der Waals surface area contributed by atoms with Crippen LogP contribution >= 0.6 is 0 Å². The van der Waals surface area contributed by atoms with E-state index in [1.54, 1.807) is 18.6 Å². The molecule has 122 valence electrons. The predicted molar refractivity (Wildman–Crippen MR) is 91.0 cm³/mol. The summed E-state index contributed by atoms with van der Waals surface area (Å²) in [7, 11) is 4.05. The van der Waals surface area contributed by atoms with Gasteiger partial charge in [0.1, 0.15) is 0 Å². The maximum absolute atomic E-state index is 12.1. The zero-order valence-electron chi connectivity index (χ0n) is 14.0. The van der Waals surface area contributed by atoms with Gasteiger partial charge < -0.3 is 10.2 Å². The number of nitrogens with one attached hydrogen (secondary N) is 1. The lowest BCUT2D eigenvalue weighted by Crippen LogP contribution is -2.34. The van der Waals surface area contributed by atoms with Gasteiger partial charge in [0.25, 0.3) is 0 Å². The average Bonchev–Trinajstić information content (AvgIpc) is 2.55. The minimum atomic E-state index is 0.0367. The van der Waals surface area contributed by atoms with Crippen molar-refractivity contribution in [2.45, 2.75) is 25.8 Å². The number of rotatable bonds is 7. The second kappa shape index (κ2) is 8.39. The van der Waals surface area contributed by atoms with Crippen LogP contribution in [0.15, 0.2) is 42.9 Å². The van der Waals surface area contributed by atoms with Crippen molar-refractivity contribution in [1.82, 2.24) is 20.2 Å². The molecule has 0 bridgehead atoms. The molecule has 0 saturated heterocycles. The first kappa shape index (κ1) is 17.1. The summed E-state index contributed by atoms with van der Waals surface area (Å²) < 4.78 is 0. The Kier molecular flexibility index (Phi) is 6.23. The molecule has 0 aliphatic heterocycles. The number of likely N-dealkylation sites (N-methyl/N-ethyl adjacent to an activating group) is 1. The normalized spacial score (nSPS) is 12.2. The third-order valence-corrected chi connectivity index (χ3v) is 3.80. The van der Waals surface area contributed by atoms with Gasteiger partial charge in [0.2, 0.25) is 5.91 Å². The molecule has 2 rings (SSSR count). The highest BCUT2D eigenvalue weighted by atomic mass is 16.1. The van der Waals surface area contributed by atoms with E-state index in [4.69, 9.17) is 0 Å². The van der Waals surface area contributed by atoms with Crippen molar-refractivity contribution in [3.8, 4) is 0 Å². The Bertz CT molecular complexity index is 611. The molecule has 0 saturated carbocycles. The molecular formula is C18H24N4O. The zero-order chi connectivity index (χ0) is 16.7. The third kappa shape index (κ3) is 5.45. The summed E-state index contributed by atoms with van der Waals surface area (Å²) in [5, 5.41) is 3.02. The number of carbonyl (C=O) groups excluding carboxylic acids is 1. The number of nitrogens with zero attached hydrogens (tertiary/aromatic N) is 3. The topological polar surface area (TPSA) is 58.1 Å². The van der Waals surface area contributed by atoms with Gasteiger partial charge in [-0.05, 0) is 33.0 Å². The van der Waals surface area contributed by atoms with Gasteiger partial charge in [-0.15, -0.1) is 0 Å². The van der Waals surface area contributed by atoms with Crippen molar-refractivity contribution < 1.29 is 4.79 Å². The summed E-state index contributed by atoms with van der Waals surface area (Å²) in [5.74, 6) is 0.0367. The Morgan fingerprint density at radius 3 is 2.57 bits per heavy atom. The van der Waals surface area contributed by atoms with Gasteiger partial charge in [0.05, 0.1) is 11.7 Å². The number of aryl methyl sites for hydroxylation is 2. The van der Waals surface area contributed by atoms with E-state index in [1.165, 1.54) is 11.1 Å². The first-order valence-corrected chi connectivity index (χ1v) is 7.81. The van der Waals surface area contributed by atoms with Gasteiger partial charge in [-0.25, -0.2) is 0 Å². The van der Waals surface area contributed by atoms with Gasteiger partial charge in [0.15, 0.2) is 0 Å². The molecule has 1 aromatic carbocycles. The summed E-state index contributed by atoms with van der Waals surface area (Å²) >= 11 is 0. The molecule has 0 aliphatic rings. The molecule has 1 atom stereocenters. The van der Waals surface area contributed by atoms with Gasteiger partial charge in [-0.3, -0.25) is 14.8 Å². The molecule has 1 N–H and O–H groups in total. The largest absolute Gasteiger partial charge is 0.354 e. The summed E-state index contributed by atoms with van der Waals surface area (Å²) in [5.41, 5.74) is 3.28. The molecule has 1 amide bonds. The van der Waals surface area contributed by atoms with Crippen LogP contribution in [-0.2, 0) is 11.2 Å². The summed E-state index contributed by atoms with van der Waals surface area (Å²) in [6, 6.07) is 8.59. The molecule has 23 heavy (non-hydrogen) atoms. The van der Waals surface area contributed by atoms with E-state index < -0.39 is 0 Å². The Balaban J connectivity index is 1.86. The smallest absolute Gasteiger partial charge is 0.220 e. The summed E-state index contributed by atoms with van der Waals surface area (Å²) in [6.07, 6.45) is 6.01. The highest BCUT2D eigenvalue weighted by Crippen LogP contribution is 2.17. The monoisotopic (exact) mass is 312 g/mol. The van der Waals surface area contributed by atoms with Crippen LogP contribution in [-0.4, -0.2) is 41.4 Å². The van der Waals surface area contributed by atoms with E-state index in [1.807, 2.05) is 14.1 Å². The molecule has 1 aromatic heterocycles. The fraction of sp³-hybridized carbons (Fsp3) is 0.389. The van der Waals surface area contributed by atoms with Crippen LogP contribution in [0.1, 0.15) is 29.3 Å². The van der Waals surface area contributed by atoms with E-state index in [0.29, 0.717) is 19.4 Å². The van der Waals surface area contributed by atoms with Crippen LogP contribution in [0.25, 0.3) is 0 Å². The number of carbonyl (C=O) groups is 1. The molecule has 1 heterocycles. The number of hydrogen-bond acceptors (Lipinski definition) is 4. The number of amides is 1. The molecule has 0 fully saturated rings. The fourth-order valence-electron chi connectivity index (χ4n) is 2.39. The number of aromatic nitrogens is 2. The first-order chi connectivity index (χ1) is 11.1. The van der Waals surface area contributed by atoms with E-state index in [0.717, 1.165) is 5.69 Å². The van der Waals surface area contributed by atoms with E-state index >= 15 is 0 Å². The zero-order valence-corrected chi connectivity index (χ0v) is 14.0. The third-order valence-electron chi connectivity index (χ3n) is 3.80. The summed E-state index contributed by atoms with van der Waals surface area (Å²) in [4.78, 5) is 22.4. The summed E-state index contributed by atoms with van der Waals surface area (Å²) in [6.45, 7) is 2.66. The molecule has 5 nitrogen and oxygen atoms in total. The van der Waals surface area contributed by atoms with Gasteiger partial charge in [-0.2, -0.15) is 0 Å². The Labute approximate surface area is 137 Å². The maximum Gasteiger partial charge on any atom is 0.220 e. The Hall–Kier alpha value is -2.27. The SMILES string of the molecule is Cc1ccc(C(CNC(=O)CCc2cnccn2)N(C)C)cc1. The highest BCUT2D eigenvalue weighted by molar-refractivity contribution is 5.76. The van der Waals surface area contributed by atoms with Gasteiger partial charge in [-0.1, -0.05) is 29.8 Å². The minimum absolute atomic E-state index is 0.0367. The van der Waals surface area contributed by atoms with Gasteiger partial charge in [0, 0.05) is 31.6 Å². The van der Waals surface area contributed by atoms with Crippen molar-refractivity contribution in [2.24, 2.45) is 0 Å². The minimum Gasteiger partial charge on any atom is -0.354 e. The van der Waals surface area contributed by atoms with Crippen molar-refractivity contribution in [3.63, 3.8) is 0 Å². The van der Waals surface area contributed by atoms with Gasteiger partial charge >= 0.3 is 0 Å². The molecule has 5 heteroatoms. The highest BCUT2D eigenvalue weighted by Gasteiger charge is 2.15. The van der Waals surface area contributed by atoms with Crippen LogP contribution in [0.5, 0.6) is 0 Å². The molecule has 2 aromatic rings. The first-order valence-electron chi connectivity index (χ1n) is 7.81. The van der Waals surface area contributed by atoms with Crippen LogP contribution in [0.4, 0.5) is 0 Å². The fourth-order valence-corrected chi connectivity index (χ4v) is 2.39. The number of benzene rings is 1. The quantitative estimate of drug-likeness (QED) is 0.851. The van der Waals surface area contributed by atoms with Crippen molar-refractivity contribution in [2.75, 3.05) is 20.6 Å². The Morgan fingerprint density at radius 2 is 1.96 bits per heavy atom. The standard InChI is InChI=1S/C18H24N4O/c1-14-4-6-15(7-5-14)17(22(2)3)13-21-18(23)9-8-16-12-19-10-11-20-16/h4-7,10-12,17H,8-9,13H2,1-3H3,(H,21,23). The van der Waals surface area contributed by atoms with Crippen molar-refractivity contribution in [1.29, 1.82) is 0 Å². The molecule has 0 aliphatic carbocycles. The van der Waals surface area contributed by atoms with Crippen molar-refractivity contribution in [3.05, 3.63) is 59.7 Å². The van der Waals surface area contributed by atoms with Crippen molar-refractivity contribution >= 4 is 5.91 Å². The predicted octanol–water partition coefficient (Wildman–Crippen LogP) is 2.14. The second-order valence-corrected chi connectivity index (χ2v) is 5.89. The Morgan fingerprint density at radius 1 is 1.22 bits per heavy atom. The maximum atomic E-state index is 12.1. The molecule has 0 spiro atoms. The lowest BCUT2D eigenvalue weighted by atomic mass is 10.0.